The quantitative estimate of drug-likeness (QED) is 0.560. The Kier molecular flexibility index (Phi) is 6.11. The van der Waals surface area contributed by atoms with Crippen molar-refractivity contribution in [3.05, 3.63) is 93.5 Å². The molecule has 0 aromatic heterocycles. The number of ketones is 1. The van der Waals surface area contributed by atoms with Crippen LogP contribution in [0.3, 0.4) is 0 Å². The van der Waals surface area contributed by atoms with Gasteiger partial charge in [-0.1, -0.05) is 40.2 Å². The van der Waals surface area contributed by atoms with Gasteiger partial charge < -0.3 is 15.2 Å². The van der Waals surface area contributed by atoms with Crippen LogP contribution < -0.4 is 10.1 Å². The van der Waals surface area contributed by atoms with E-state index in [2.05, 4.69) is 21.2 Å². The minimum Gasteiger partial charge on any atom is -0.504 e. The third-order valence-electron chi connectivity index (χ3n) is 4.22. The molecule has 142 valence electrons. The summed E-state index contributed by atoms with van der Waals surface area (Å²) in [5, 5.41) is 12.5. The molecule has 3 rings (SSSR count). The summed E-state index contributed by atoms with van der Waals surface area (Å²) in [4.78, 5) is 25.5. The summed E-state index contributed by atoms with van der Waals surface area (Å²) < 4.78 is 5.95. The summed E-state index contributed by atoms with van der Waals surface area (Å²) in [6.07, 6.45) is 0. The normalized spacial score (nSPS) is 10.4. The molecular weight excluding hydrogens is 422 g/mol. The summed E-state index contributed by atoms with van der Waals surface area (Å²) >= 11 is 3.35. The van der Waals surface area contributed by atoms with E-state index in [-0.39, 0.29) is 24.0 Å². The Bertz CT molecular complexity index is 1020. The highest BCUT2D eigenvalue weighted by atomic mass is 79.9. The lowest BCUT2D eigenvalue weighted by atomic mass is 9.98. The topological polar surface area (TPSA) is 75.6 Å². The number of aromatic hydroxyl groups is 1. The van der Waals surface area contributed by atoms with Crippen LogP contribution >= 0.6 is 15.9 Å². The molecule has 0 atom stereocenters. The number of carbonyl (C=O) groups is 2. The van der Waals surface area contributed by atoms with E-state index in [0.717, 1.165) is 10.0 Å². The van der Waals surface area contributed by atoms with Crippen molar-refractivity contribution in [2.75, 3.05) is 7.11 Å². The van der Waals surface area contributed by atoms with Gasteiger partial charge in [0, 0.05) is 22.1 Å². The lowest BCUT2D eigenvalue weighted by Gasteiger charge is -2.11. The maximum atomic E-state index is 12.8. The molecule has 6 heteroatoms. The Balaban J connectivity index is 1.79. The van der Waals surface area contributed by atoms with Crippen molar-refractivity contribution in [1.29, 1.82) is 0 Å². The molecule has 0 saturated carbocycles. The molecule has 0 fully saturated rings. The van der Waals surface area contributed by atoms with Gasteiger partial charge >= 0.3 is 0 Å². The number of nitrogens with one attached hydrogen (secondary N) is 1. The van der Waals surface area contributed by atoms with Crippen LogP contribution in [0.5, 0.6) is 11.5 Å². The molecule has 0 aliphatic carbocycles. The van der Waals surface area contributed by atoms with Crippen LogP contribution in [-0.4, -0.2) is 23.9 Å². The molecule has 1 amide bonds. The Morgan fingerprint density at radius 1 is 1.00 bits per heavy atom. The highest BCUT2D eigenvalue weighted by molar-refractivity contribution is 9.10. The lowest BCUT2D eigenvalue weighted by Crippen LogP contribution is -2.25. The maximum absolute atomic E-state index is 12.8. The fraction of sp³-hybridized carbons (Fsp3) is 0.0909. The molecule has 0 aliphatic heterocycles. The highest BCUT2D eigenvalue weighted by Crippen LogP contribution is 2.26. The molecule has 0 aliphatic rings. The second-order valence-corrected chi connectivity index (χ2v) is 6.99. The molecule has 0 radical (unpaired) electrons. The average Bonchev–Trinajstić information content (AvgIpc) is 2.73. The summed E-state index contributed by atoms with van der Waals surface area (Å²) in [6.45, 7) is 0.232. The molecule has 0 saturated heterocycles. The van der Waals surface area contributed by atoms with Crippen LogP contribution in [0.1, 0.15) is 31.8 Å². The minimum absolute atomic E-state index is 0.0306. The van der Waals surface area contributed by atoms with Gasteiger partial charge in [0.15, 0.2) is 17.3 Å². The third-order valence-corrected chi connectivity index (χ3v) is 4.75. The first-order valence-electron chi connectivity index (χ1n) is 8.53. The van der Waals surface area contributed by atoms with Gasteiger partial charge in [0.25, 0.3) is 5.91 Å². The van der Waals surface area contributed by atoms with Crippen molar-refractivity contribution in [3.63, 3.8) is 0 Å². The van der Waals surface area contributed by atoms with Gasteiger partial charge in [-0.2, -0.15) is 0 Å². The van der Waals surface area contributed by atoms with E-state index >= 15 is 0 Å². The Morgan fingerprint density at radius 2 is 1.68 bits per heavy atom. The molecule has 2 N–H and O–H groups in total. The predicted octanol–water partition coefficient (Wildman–Crippen LogP) is 4.32. The SMILES string of the molecule is COc1cc(CNC(=O)c2ccccc2C(=O)c2ccc(Br)cc2)ccc1O. The number of hydrogen-bond donors (Lipinski definition) is 2. The largest absolute Gasteiger partial charge is 0.504 e. The Hall–Kier alpha value is -3.12. The smallest absolute Gasteiger partial charge is 0.252 e. The van der Waals surface area contributed by atoms with Crippen LogP contribution in [0.15, 0.2) is 71.2 Å². The number of halogens is 1. The number of phenols is 1. The van der Waals surface area contributed by atoms with Gasteiger partial charge in [0.2, 0.25) is 0 Å². The summed E-state index contributed by atoms with van der Waals surface area (Å²) in [5.74, 6) is -0.210. The molecule has 3 aromatic carbocycles. The van der Waals surface area contributed by atoms with Gasteiger partial charge in [0.05, 0.1) is 12.7 Å². The van der Waals surface area contributed by atoms with Crippen LogP contribution in [-0.2, 0) is 6.54 Å². The van der Waals surface area contributed by atoms with E-state index in [1.165, 1.54) is 13.2 Å². The van der Waals surface area contributed by atoms with E-state index in [1.807, 2.05) is 0 Å². The van der Waals surface area contributed by atoms with Gasteiger partial charge in [-0.15, -0.1) is 0 Å². The number of methoxy groups -OCH3 is 1. The fourth-order valence-corrected chi connectivity index (χ4v) is 3.01. The van der Waals surface area contributed by atoms with Gasteiger partial charge in [-0.3, -0.25) is 9.59 Å². The zero-order valence-electron chi connectivity index (χ0n) is 15.1. The molecule has 0 spiro atoms. The van der Waals surface area contributed by atoms with Crippen LogP contribution in [0.25, 0.3) is 0 Å². The Labute approximate surface area is 171 Å². The molecule has 3 aromatic rings. The summed E-state index contributed by atoms with van der Waals surface area (Å²) in [5.41, 5.74) is 1.92. The predicted molar refractivity (Wildman–Crippen MR) is 110 cm³/mol. The first-order valence-corrected chi connectivity index (χ1v) is 9.32. The van der Waals surface area contributed by atoms with Gasteiger partial charge in [-0.25, -0.2) is 0 Å². The fourth-order valence-electron chi connectivity index (χ4n) is 2.75. The number of hydrogen-bond acceptors (Lipinski definition) is 4. The van der Waals surface area contributed by atoms with Crippen LogP contribution in [0, 0.1) is 0 Å². The number of benzene rings is 3. The van der Waals surface area contributed by atoms with Crippen molar-refractivity contribution >= 4 is 27.6 Å². The van der Waals surface area contributed by atoms with E-state index < -0.39 is 0 Å². The first kappa shape index (κ1) is 19.6. The van der Waals surface area contributed by atoms with Crippen molar-refractivity contribution in [2.45, 2.75) is 6.54 Å². The second kappa shape index (κ2) is 8.71. The van der Waals surface area contributed by atoms with Crippen molar-refractivity contribution in [2.24, 2.45) is 0 Å². The number of carbonyl (C=O) groups excluding carboxylic acids is 2. The molecule has 5 nitrogen and oxygen atoms in total. The lowest BCUT2D eigenvalue weighted by molar-refractivity contribution is 0.0939. The summed E-state index contributed by atoms with van der Waals surface area (Å²) in [7, 11) is 1.46. The van der Waals surface area contributed by atoms with Crippen LogP contribution in [0.2, 0.25) is 0 Å². The van der Waals surface area contributed by atoms with Crippen molar-refractivity contribution < 1.29 is 19.4 Å². The zero-order chi connectivity index (χ0) is 20.1. The van der Waals surface area contributed by atoms with Crippen molar-refractivity contribution in [1.82, 2.24) is 5.32 Å². The first-order chi connectivity index (χ1) is 13.5. The maximum Gasteiger partial charge on any atom is 0.252 e. The van der Waals surface area contributed by atoms with E-state index in [1.54, 1.807) is 60.7 Å². The zero-order valence-corrected chi connectivity index (χ0v) is 16.7. The average molecular weight is 440 g/mol. The third kappa shape index (κ3) is 4.40. The molecular formula is C22H18BrNO4. The molecule has 28 heavy (non-hydrogen) atoms. The van der Waals surface area contributed by atoms with E-state index in [4.69, 9.17) is 4.74 Å². The highest BCUT2D eigenvalue weighted by Gasteiger charge is 2.18. The number of phenolic OH excluding ortho intramolecular Hbond substituents is 1. The number of amides is 1. The molecule has 0 unspecified atom stereocenters. The van der Waals surface area contributed by atoms with Gasteiger partial charge in [0.1, 0.15) is 0 Å². The monoisotopic (exact) mass is 439 g/mol. The molecule has 0 heterocycles. The van der Waals surface area contributed by atoms with Gasteiger partial charge in [-0.05, 0) is 48.0 Å². The summed E-state index contributed by atoms with van der Waals surface area (Å²) in [6, 6.07) is 18.6. The van der Waals surface area contributed by atoms with Crippen molar-refractivity contribution in [3.8, 4) is 11.5 Å². The standard InChI is InChI=1S/C22H18BrNO4/c1-28-20-12-14(6-11-19(20)25)13-24-22(27)18-5-3-2-4-17(18)21(26)15-7-9-16(23)10-8-15/h2-12,25H,13H2,1H3,(H,24,27). The van der Waals surface area contributed by atoms with Crippen LogP contribution in [0.4, 0.5) is 0 Å². The van der Waals surface area contributed by atoms with E-state index in [9.17, 15) is 14.7 Å². The Morgan fingerprint density at radius 3 is 2.36 bits per heavy atom. The molecule has 0 bridgehead atoms. The number of ether oxygens (including phenoxy) is 1. The second-order valence-electron chi connectivity index (χ2n) is 6.07. The van der Waals surface area contributed by atoms with E-state index in [0.29, 0.717) is 22.4 Å². The number of rotatable bonds is 6. The minimum atomic E-state index is -0.354.